The molecule has 6 heteroatoms. The van der Waals surface area contributed by atoms with Crippen LogP contribution in [0, 0.1) is 6.92 Å². The van der Waals surface area contributed by atoms with Crippen LogP contribution in [0.4, 0.5) is 5.82 Å². The van der Waals surface area contributed by atoms with E-state index in [0.717, 1.165) is 19.3 Å². The number of fused-ring (bicyclic) bond motifs is 1. The standard InChI is InChI=1S/C14H17N3O2S/c1-8-12(14(18)19)13(17(2)16-8)15-10-4-3-5-11-9(10)6-7-20-11/h6-7,10,15H,3-5H2,1-2H3,(H,18,19). The van der Waals surface area contributed by atoms with Gasteiger partial charge >= 0.3 is 5.97 Å². The number of aromatic carboxylic acids is 1. The molecule has 106 valence electrons. The fraction of sp³-hybridized carbons (Fsp3) is 0.429. The van der Waals surface area contributed by atoms with Gasteiger partial charge < -0.3 is 10.4 Å². The second kappa shape index (κ2) is 4.94. The Balaban J connectivity index is 1.96. The molecule has 5 nitrogen and oxygen atoms in total. The van der Waals surface area contributed by atoms with Gasteiger partial charge in [0, 0.05) is 11.9 Å². The number of hydrogen-bond donors (Lipinski definition) is 2. The minimum Gasteiger partial charge on any atom is -0.477 e. The summed E-state index contributed by atoms with van der Waals surface area (Å²) in [6.07, 6.45) is 3.28. The highest BCUT2D eigenvalue weighted by Gasteiger charge is 2.26. The molecule has 0 aromatic carbocycles. The topological polar surface area (TPSA) is 67.2 Å². The predicted molar refractivity (Wildman–Crippen MR) is 78.5 cm³/mol. The third-order valence-corrected chi connectivity index (χ3v) is 4.80. The lowest BCUT2D eigenvalue weighted by atomic mass is 9.94. The first kappa shape index (κ1) is 13.2. The molecule has 2 heterocycles. The van der Waals surface area contributed by atoms with Gasteiger partial charge in [-0.15, -0.1) is 11.3 Å². The summed E-state index contributed by atoms with van der Waals surface area (Å²) >= 11 is 1.78. The minimum absolute atomic E-state index is 0.179. The Morgan fingerprint density at radius 1 is 1.60 bits per heavy atom. The molecule has 2 aromatic heterocycles. The maximum Gasteiger partial charge on any atom is 0.341 e. The van der Waals surface area contributed by atoms with Crippen molar-refractivity contribution < 1.29 is 9.90 Å². The van der Waals surface area contributed by atoms with Gasteiger partial charge in [-0.1, -0.05) is 0 Å². The molecule has 0 spiro atoms. The summed E-state index contributed by atoms with van der Waals surface area (Å²) in [7, 11) is 1.78. The van der Waals surface area contributed by atoms with E-state index in [1.54, 1.807) is 30.0 Å². The number of hydrogen-bond acceptors (Lipinski definition) is 4. The molecule has 1 aliphatic carbocycles. The van der Waals surface area contributed by atoms with E-state index in [0.29, 0.717) is 11.5 Å². The number of thiophene rings is 1. The third kappa shape index (κ3) is 2.10. The molecule has 0 aliphatic heterocycles. The van der Waals surface area contributed by atoms with Crippen LogP contribution < -0.4 is 5.32 Å². The van der Waals surface area contributed by atoms with Crippen molar-refractivity contribution in [1.29, 1.82) is 0 Å². The summed E-state index contributed by atoms with van der Waals surface area (Å²) in [5.41, 5.74) is 2.12. The number of aryl methyl sites for hydroxylation is 3. The molecule has 0 fully saturated rings. The molecule has 3 rings (SSSR count). The van der Waals surface area contributed by atoms with Crippen LogP contribution >= 0.6 is 11.3 Å². The number of anilines is 1. The van der Waals surface area contributed by atoms with Crippen molar-refractivity contribution in [1.82, 2.24) is 9.78 Å². The lowest BCUT2D eigenvalue weighted by Gasteiger charge is -2.25. The highest BCUT2D eigenvalue weighted by molar-refractivity contribution is 7.10. The van der Waals surface area contributed by atoms with E-state index in [1.807, 2.05) is 0 Å². The van der Waals surface area contributed by atoms with Gasteiger partial charge in [0.1, 0.15) is 11.4 Å². The molecule has 0 radical (unpaired) electrons. The molecule has 1 atom stereocenters. The maximum absolute atomic E-state index is 11.4. The summed E-state index contributed by atoms with van der Waals surface area (Å²) in [5.74, 6) is -0.335. The van der Waals surface area contributed by atoms with Crippen LogP contribution in [0.25, 0.3) is 0 Å². The zero-order valence-corrected chi connectivity index (χ0v) is 12.3. The van der Waals surface area contributed by atoms with E-state index in [-0.39, 0.29) is 11.6 Å². The van der Waals surface area contributed by atoms with E-state index in [2.05, 4.69) is 21.9 Å². The zero-order chi connectivity index (χ0) is 14.3. The fourth-order valence-electron chi connectivity index (χ4n) is 2.88. The van der Waals surface area contributed by atoms with Gasteiger partial charge in [-0.05, 0) is 43.2 Å². The highest BCUT2D eigenvalue weighted by atomic mass is 32.1. The highest BCUT2D eigenvalue weighted by Crippen LogP contribution is 2.36. The molecule has 1 unspecified atom stereocenters. The van der Waals surface area contributed by atoms with Crippen molar-refractivity contribution in [2.45, 2.75) is 32.2 Å². The average Bonchev–Trinajstić information content (AvgIpc) is 2.95. The Morgan fingerprint density at radius 2 is 2.40 bits per heavy atom. The van der Waals surface area contributed by atoms with Gasteiger partial charge in [0.25, 0.3) is 0 Å². The fourth-order valence-corrected chi connectivity index (χ4v) is 3.87. The van der Waals surface area contributed by atoms with Gasteiger partial charge in [-0.3, -0.25) is 4.68 Å². The van der Waals surface area contributed by atoms with Crippen LogP contribution in [-0.4, -0.2) is 20.9 Å². The third-order valence-electron chi connectivity index (χ3n) is 3.80. The number of aromatic nitrogens is 2. The molecular weight excluding hydrogens is 274 g/mol. The molecular formula is C14H17N3O2S. The van der Waals surface area contributed by atoms with E-state index >= 15 is 0 Å². The molecule has 0 amide bonds. The SMILES string of the molecule is Cc1nn(C)c(NC2CCCc3sccc32)c1C(=O)O. The summed E-state index contributed by atoms with van der Waals surface area (Å²) < 4.78 is 1.62. The van der Waals surface area contributed by atoms with E-state index in [9.17, 15) is 9.90 Å². The molecule has 0 saturated carbocycles. The number of rotatable bonds is 3. The summed E-state index contributed by atoms with van der Waals surface area (Å²) in [5, 5.41) is 19.1. The van der Waals surface area contributed by atoms with Gasteiger partial charge in [-0.2, -0.15) is 5.10 Å². The first-order valence-corrected chi connectivity index (χ1v) is 7.55. The van der Waals surface area contributed by atoms with Gasteiger partial charge in [0.05, 0.1) is 11.7 Å². The quantitative estimate of drug-likeness (QED) is 0.912. The van der Waals surface area contributed by atoms with E-state index in [4.69, 9.17) is 0 Å². The summed E-state index contributed by atoms with van der Waals surface area (Å²) in [4.78, 5) is 12.8. The van der Waals surface area contributed by atoms with Crippen molar-refractivity contribution >= 4 is 23.1 Å². The Morgan fingerprint density at radius 3 is 3.15 bits per heavy atom. The van der Waals surface area contributed by atoms with Crippen molar-refractivity contribution in [2.75, 3.05) is 5.32 Å². The van der Waals surface area contributed by atoms with Crippen LogP contribution in [0.1, 0.15) is 45.4 Å². The van der Waals surface area contributed by atoms with Crippen LogP contribution in [0.15, 0.2) is 11.4 Å². The normalized spacial score (nSPS) is 17.8. The van der Waals surface area contributed by atoms with Crippen LogP contribution in [0.2, 0.25) is 0 Å². The van der Waals surface area contributed by atoms with Crippen molar-refractivity contribution in [3.63, 3.8) is 0 Å². The number of nitrogens with zero attached hydrogens (tertiary/aromatic N) is 2. The number of nitrogens with one attached hydrogen (secondary N) is 1. The maximum atomic E-state index is 11.4. The Bertz CT molecular complexity index is 659. The molecule has 1 aliphatic rings. The van der Waals surface area contributed by atoms with Crippen molar-refractivity contribution in [3.05, 3.63) is 33.1 Å². The van der Waals surface area contributed by atoms with E-state index in [1.165, 1.54) is 10.4 Å². The summed E-state index contributed by atoms with van der Waals surface area (Å²) in [6, 6.07) is 2.32. The lowest BCUT2D eigenvalue weighted by molar-refractivity contribution is 0.0697. The summed E-state index contributed by atoms with van der Waals surface area (Å²) in [6.45, 7) is 1.73. The van der Waals surface area contributed by atoms with Crippen LogP contribution in [0.3, 0.4) is 0 Å². The molecule has 0 saturated heterocycles. The van der Waals surface area contributed by atoms with Crippen LogP contribution in [-0.2, 0) is 13.5 Å². The molecule has 2 N–H and O–H groups in total. The van der Waals surface area contributed by atoms with E-state index < -0.39 is 5.97 Å². The minimum atomic E-state index is -0.931. The molecule has 0 bridgehead atoms. The Kier molecular flexibility index (Phi) is 3.25. The van der Waals surface area contributed by atoms with Gasteiger partial charge in [0.2, 0.25) is 0 Å². The second-order valence-electron chi connectivity index (χ2n) is 5.13. The van der Waals surface area contributed by atoms with Crippen molar-refractivity contribution in [3.8, 4) is 0 Å². The number of carboxylic acids is 1. The first-order valence-electron chi connectivity index (χ1n) is 6.67. The average molecular weight is 291 g/mol. The Hall–Kier alpha value is -1.82. The predicted octanol–water partition coefficient (Wildman–Crippen LogP) is 2.98. The smallest absolute Gasteiger partial charge is 0.341 e. The molecule has 2 aromatic rings. The van der Waals surface area contributed by atoms with Gasteiger partial charge in [-0.25, -0.2) is 4.79 Å². The Labute approximate surface area is 121 Å². The number of carboxylic acid groups (broad SMARTS) is 1. The first-order chi connectivity index (χ1) is 9.58. The largest absolute Gasteiger partial charge is 0.477 e. The second-order valence-corrected chi connectivity index (χ2v) is 6.13. The zero-order valence-electron chi connectivity index (χ0n) is 11.5. The number of carbonyl (C=O) groups is 1. The monoisotopic (exact) mass is 291 g/mol. The van der Waals surface area contributed by atoms with Crippen LogP contribution in [0.5, 0.6) is 0 Å². The van der Waals surface area contributed by atoms with Gasteiger partial charge in [0.15, 0.2) is 0 Å². The molecule has 20 heavy (non-hydrogen) atoms. The van der Waals surface area contributed by atoms with Crippen molar-refractivity contribution in [2.24, 2.45) is 7.05 Å². The lowest BCUT2D eigenvalue weighted by Crippen LogP contribution is -2.19.